The maximum Gasteiger partial charge on any atom is 0.254 e. The molecule has 0 aliphatic rings. The molecule has 0 bridgehead atoms. The monoisotopic (exact) mass is 417 g/mol. The summed E-state index contributed by atoms with van der Waals surface area (Å²) in [7, 11) is 0. The highest BCUT2D eigenvalue weighted by atomic mass is 32.2. The number of fused-ring (bicyclic) bond motifs is 1. The lowest BCUT2D eigenvalue weighted by atomic mass is 10.2. The van der Waals surface area contributed by atoms with Crippen molar-refractivity contribution < 1.29 is 4.79 Å². The summed E-state index contributed by atoms with van der Waals surface area (Å²) in [5, 5.41) is 13.0. The van der Waals surface area contributed by atoms with Gasteiger partial charge in [-0.05, 0) is 38.5 Å². The van der Waals surface area contributed by atoms with Gasteiger partial charge in [-0.2, -0.15) is 5.10 Å². The van der Waals surface area contributed by atoms with E-state index >= 15 is 0 Å². The molecule has 0 saturated carbocycles. The number of carbonyl (C=O) groups is 1. The summed E-state index contributed by atoms with van der Waals surface area (Å²) in [6.07, 6.45) is 7.29. The van der Waals surface area contributed by atoms with Crippen molar-refractivity contribution in [1.29, 1.82) is 0 Å². The average molecular weight is 418 g/mol. The van der Waals surface area contributed by atoms with E-state index in [0.717, 1.165) is 16.9 Å². The molecule has 0 unspecified atom stereocenters. The van der Waals surface area contributed by atoms with Gasteiger partial charge in [0.15, 0.2) is 10.8 Å². The van der Waals surface area contributed by atoms with Crippen LogP contribution in [0.25, 0.3) is 11.0 Å². The lowest BCUT2D eigenvalue weighted by Gasteiger charge is -2.11. The van der Waals surface area contributed by atoms with E-state index in [9.17, 15) is 4.79 Å². The van der Waals surface area contributed by atoms with Crippen LogP contribution in [0.4, 0.5) is 5.82 Å². The Labute approximate surface area is 172 Å². The minimum absolute atomic E-state index is 0.143. The number of rotatable bonds is 8. The van der Waals surface area contributed by atoms with E-state index in [1.165, 1.54) is 23.5 Å². The SMILES string of the molecule is CSc1nc(NC(C)C)c2cnn(CCNC(=O)c3cccnc3SC)c2n1. The number of nitrogens with zero attached hydrogens (tertiary/aromatic N) is 5. The van der Waals surface area contributed by atoms with Crippen LogP contribution < -0.4 is 10.6 Å². The van der Waals surface area contributed by atoms with E-state index in [1.807, 2.05) is 12.5 Å². The summed E-state index contributed by atoms with van der Waals surface area (Å²) >= 11 is 2.94. The molecule has 3 aromatic heterocycles. The molecule has 0 saturated heterocycles. The Balaban J connectivity index is 1.75. The zero-order chi connectivity index (χ0) is 20.1. The van der Waals surface area contributed by atoms with Crippen molar-refractivity contribution in [2.75, 3.05) is 24.4 Å². The van der Waals surface area contributed by atoms with Crippen molar-refractivity contribution in [3.05, 3.63) is 30.1 Å². The van der Waals surface area contributed by atoms with Gasteiger partial charge in [0.2, 0.25) is 0 Å². The minimum atomic E-state index is -0.143. The summed E-state index contributed by atoms with van der Waals surface area (Å²) < 4.78 is 1.79. The first-order valence-electron chi connectivity index (χ1n) is 8.84. The van der Waals surface area contributed by atoms with Crippen LogP contribution in [0.3, 0.4) is 0 Å². The van der Waals surface area contributed by atoms with Gasteiger partial charge in [-0.15, -0.1) is 11.8 Å². The first kappa shape index (κ1) is 20.4. The van der Waals surface area contributed by atoms with Gasteiger partial charge < -0.3 is 10.6 Å². The summed E-state index contributed by atoms with van der Waals surface area (Å²) in [5.41, 5.74) is 1.33. The van der Waals surface area contributed by atoms with E-state index in [1.54, 1.807) is 29.2 Å². The van der Waals surface area contributed by atoms with Gasteiger partial charge in [0.05, 0.1) is 23.7 Å². The third-order valence-electron chi connectivity index (χ3n) is 3.90. The van der Waals surface area contributed by atoms with Crippen LogP contribution in [-0.2, 0) is 6.54 Å². The fraction of sp³-hybridized carbons (Fsp3) is 0.389. The van der Waals surface area contributed by atoms with Crippen molar-refractivity contribution in [2.45, 2.75) is 36.6 Å². The van der Waals surface area contributed by atoms with Crippen LogP contribution >= 0.6 is 23.5 Å². The molecule has 3 rings (SSSR count). The highest BCUT2D eigenvalue weighted by Crippen LogP contribution is 2.24. The van der Waals surface area contributed by atoms with Crippen molar-refractivity contribution >= 4 is 46.3 Å². The van der Waals surface area contributed by atoms with Gasteiger partial charge in [-0.1, -0.05) is 11.8 Å². The van der Waals surface area contributed by atoms with Crippen LogP contribution in [0, 0.1) is 0 Å². The molecule has 28 heavy (non-hydrogen) atoms. The van der Waals surface area contributed by atoms with E-state index in [-0.39, 0.29) is 11.9 Å². The molecule has 0 spiro atoms. The summed E-state index contributed by atoms with van der Waals surface area (Å²) in [6.45, 7) is 5.07. The van der Waals surface area contributed by atoms with Crippen molar-refractivity contribution in [3.8, 4) is 0 Å². The van der Waals surface area contributed by atoms with Gasteiger partial charge in [0, 0.05) is 18.8 Å². The lowest BCUT2D eigenvalue weighted by Crippen LogP contribution is -2.28. The lowest BCUT2D eigenvalue weighted by molar-refractivity contribution is 0.0948. The van der Waals surface area contributed by atoms with Gasteiger partial charge in [-0.3, -0.25) is 4.79 Å². The minimum Gasteiger partial charge on any atom is -0.367 e. The number of thioether (sulfide) groups is 2. The van der Waals surface area contributed by atoms with Crippen LogP contribution in [-0.4, -0.2) is 55.7 Å². The number of aromatic nitrogens is 5. The standard InChI is InChI=1S/C18H23N7OS2/c1-11(2)22-14-13-10-21-25(15(13)24-18(23-14)28-4)9-8-19-16(26)12-6-5-7-20-17(12)27-3/h5-7,10-11H,8-9H2,1-4H3,(H,19,26)(H,22,23,24). The molecule has 1 amide bonds. The smallest absolute Gasteiger partial charge is 0.254 e. The number of hydrogen-bond acceptors (Lipinski definition) is 8. The van der Waals surface area contributed by atoms with E-state index < -0.39 is 0 Å². The van der Waals surface area contributed by atoms with Crippen molar-refractivity contribution in [3.63, 3.8) is 0 Å². The molecule has 0 aromatic carbocycles. The maximum absolute atomic E-state index is 12.5. The molecule has 0 aliphatic heterocycles. The van der Waals surface area contributed by atoms with Crippen LogP contribution in [0.1, 0.15) is 24.2 Å². The predicted molar refractivity (Wildman–Crippen MR) is 114 cm³/mol. The van der Waals surface area contributed by atoms with E-state index in [2.05, 4.69) is 44.5 Å². The third-order valence-corrected chi connectivity index (χ3v) is 5.16. The molecule has 3 aromatic rings. The quantitative estimate of drug-likeness (QED) is 0.426. The first-order valence-corrected chi connectivity index (χ1v) is 11.3. The largest absolute Gasteiger partial charge is 0.367 e. The summed E-state index contributed by atoms with van der Waals surface area (Å²) in [5.74, 6) is 0.634. The zero-order valence-electron chi connectivity index (χ0n) is 16.3. The van der Waals surface area contributed by atoms with Crippen molar-refractivity contribution in [1.82, 2.24) is 30.0 Å². The maximum atomic E-state index is 12.5. The van der Waals surface area contributed by atoms with Crippen LogP contribution in [0.2, 0.25) is 0 Å². The Kier molecular flexibility index (Phi) is 6.74. The Morgan fingerprint density at radius 1 is 1.25 bits per heavy atom. The van der Waals surface area contributed by atoms with Gasteiger partial charge in [0.25, 0.3) is 5.91 Å². The molecule has 3 heterocycles. The Morgan fingerprint density at radius 2 is 2.07 bits per heavy atom. The number of nitrogens with one attached hydrogen (secondary N) is 2. The third kappa shape index (κ3) is 4.56. The molecule has 148 valence electrons. The molecule has 0 atom stereocenters. The molecular weight excluding hydrogens is 394 g/mol. The zero-order valence-corrected chi connectivity index (χ0v) is 17.9. The molecular formula is C18H23N7OS2. The van der Waals surface area contributed by atoms with Crippen molar-refractivity contribution in [2.24, 2.45) is 0 Å². The number of hydrogen-bond donors (Lipinski definition) is 2. The van der Waals surface area contributed by atoms with Gasteiger partial charge in [0.1, 0.15) is 10.8 Å². The topological polar surface area (TPSA) is 97.6 Å². The molecule has 10 heteroatoms. The number of anilines is 1. The fourth-order valence-corrected chi connectivity index (χ4v) is 3.58. The average Bonchev–Trinajstić information content (AvgIpc) is 3.10. The number of amides is 1. The Hall–Kier alpha value is -2.33. The Bertz CT molecular complexity index is 974. The highest BCUT2D eigenvalue weighted by molar-refractivity contribution is 7.98. The normalized spacial score (nSPS) is 11.2. The summed E-state index contributed by atoms with van der Waals surface area (Å²) in [4.78, 5) is 25.8. The van der Waals surface area contributed by atoms with Gasteiger partial charge >= 0.3 is 0 Å². The summed E-state index contributed by atoms with van der Waals surface area (Å²) in [6, 6.07) is 3.79. The molecule has 0 radical (unpaired) electrons. The van der Waals surface area contributed by atoms with Gasteiger partial charge in [-0.25, -0.2) is 19.6 Å². The van der Waals surface area contributed by atoms with E-state index in [4.69, 9.17) is 0 Å². The van der Waals surface area contributed by atoms with E-state index in [0.29, 0.717) is 28.8 Å². The highest BCUT2D eigenvalue weighted by Gasteiger charge is 2.15. The van der Waals surface area contributed by atoms with Crippen LogP contribution in [0.15, 0.2) is 34.7 Å². The first-order chi connectivity index (χ1) is 13.5. The second-order valence-corrected chi connectivity index (χ2v) is 7.85. The fourth-order valence-electron chi connectivity index (χ4n) is 2.67. The molecule has 2 N–H and O–H groups in total. The molecule has 8 nitrogen and oxygen atoms in total. The number of carbonyl (C=O) groups excluding carboxylic acids is 1. The number of pyridine rings is 1. The second-order valence-electron chi connectivity index (χ2n) is 6.28. The molecule has 0 aliphatic carbocycles. The Morgan fingerprint density at radius 3 is 2.79 bits per heavy atom. The van der Waals surface area contributed by atoms with Crippen LogP contribution in [0.5, 0.6) is 0 Å². The predicted octanol–water partition coefficient (Wildman–Crippen LogP) is 2.92. The molecule has 0 fully saturated rings. The second kappa shape index (κ2) is 9.24.